The summed E-state index contributed by atoms with van der Waals surface area (Å²) in [6, 6.07) is 4.13. The lowest BCUT2D eigenvalue weighted by Gasteiger charge is -2.34. The van der Waals surface area contributed by atoms with E-state index in [0.717, 1.165) is 31.5 Å². The van der Waals surface area contributed by atoms with Gasteiger partial charge in [-0.25, -0.2) is 4.39 Å². The van der Waals surface area contributed by atoms with E-state index in [2.05, 4.69) is 24.1 Å². The van der Waals surface area contributed by atoms with Crippen molar-refractivity contribution in [2.75, 3.05) is 13.1 Å². The molecule has 1 fully saturated rings. The van der Waals surface area contributed by atoms with Crippen LogP contribution in [0, 0.1) is 11.7 Å². The summed E-state index contributed by atoms with van der Waals surface area (Å²) in [6.45, 7) is 6.47. The van der Waals surface area contributed by atoms with E-state index in [1.165, 1.54) is 12.1 Å². The molecule has 0 spiro atoms. The zero-order chi connectivity index (χ0) is 17.7. The zero-order valence-corrected chi connectivity index (χ0v) is 17.6. The molecule has 0 radical (unpaired) electrons. The maximum atomic E-state index is 13.1. The van der Waals surface area contributed by atoms with Crippen LogP contribution in [0.2, 0.25) is 5.02 Å². The lowest BCUT2D eigenvalue weighted by atomic mass is 10.0. The van der Waals surface area contributed by atoms with Gasteiger partial charge in [0.2, 0.25) is 5.91 Å². The van der Waals surface area contributed by atoms with Crippen LogP contribution in [0.15, 0.2) is 18.2 Å². The summed E-state index contributed by atoms with van der Waals surface area (Å²) < 4.78 is 13.1. The molecular weight excluding hydrogens is 400 g/mol. The Kier molecular flexibility index (Phi) is 11.7. The third kappa shape index (κ3) is 7.97. The molecule has 4 nitrogen and oxygen atoms in total. The highest BCUT2D eigenvalue weighted by molar-refractivity contribution is 6.31. The van der Waals surface area contributed by atoms with Gasteiger partial charge >= 0.3 is 0 Å². The standard InChI is InChI=1S/C18H27ClFN3O.2ClH/c1-12(2)8-17(21)18(24)22-15-4-3-7-23(11-15)10-13-5-6-14(20)9-16(13)19;;/h5-6,9,12,15,17H,3-4,7-8,10-11,21H2,1-2H3,(H,22,24);2*1H/t15?,17-;;/m0../s1. The molecule has 0 aliphatic carbocycles. The van der Waals surface area contributed by atoms with Crippen LogP contribution in [0.25, 0.3) is 0 Å². The second-order valence-corrected chi connectivity index (χ2v) is 7.46. The average Bonchev–Trinajstić information content (AvgIpc) is 2.50. The Balaban J connectivity index is 0.00000312. The number of nitrogens with zero attached hydrogens (tertiary/aromatic N) is 1. The van der Waals surface area contributed by atoms with Gasteiger partial charge in [-0.3, -0.25) is 9.69 Å². The Morgan fingerprint density at radius 1 is 1.42 bits per heavy atom. The Labute approximate surface area is 172 Å². The van der Waals surface area contributed by atoms with Crippen molar-refractivity contribution in [1.82, 2.24) is 10.2 Å². The number of hydrogen-bond acceptors (Lipinski definition) is 3. The van der Waals surface area contributed by atoms with Gasteiger partial charge in [-0.15, -0.1) is 24.8 Å². The number of hydrogen-bond donors (Lipinski definition) is 2. The summed E-state index contributed by atoms with van der Waals surface area (Å²) in [5, 5.41) is 3.51. The van der Waals surface area contributed by atoms with Gasteiger partial charge in [0.1, 0.15) is 5.82 Å². The largest absolute Gasteiger partial charge is 0.351 e. The highest BCUT2D eigenvalue weighted by atomic mass is 35.5. The molecule has 1 aliphatic rings. The van der Waals surface area contributed by atoms with E-state index in [-0.39, 0.29) is 42.6 Å². The van der Waals surface area contributed by atoms with Crippen LogP contribution in [-0.2, 0) is 11.3 Å². The van der Waals surface area contributed by atoms with Crippen LogP contribution in [0.4, 0.5) is 4.39 Å². The van der Waals surface area contributed by atoms with Crippen molar-refractivity contribution >= 4 is 42.3 Å². The van der Waals surface area contributed by atoms with Crippen LogP contribution < -0.4 is 11.1 Å². The first-order chi connectivity index (χ1) is 11.3. The van der Waals surface area contributed by atoms with E-state index in [4.69, 9.17) is 17.3 Å². The predicted octanol–water partition coefficient (Wildman–Crippen LogP) is 3.78. The Hall–Kier alpha value is -0.590. The Morgan fingerprint density at radius 3 is 2.73 bits per heavy atom. The first-order valence-electron chi connectivity index (χ1n) is 8.57. The number of amides is 1. The van der Waals surface area contributed by atoms with Gasteiger partial charge in [-0.1, -0.05) is 31.5 Å². The molecule has 1 unspecified atom stereocenters. The normalized spacial score (nSPS) is 18.6. The molecule has 26 heavy (non-hydrogen) atoms. The van der Waals surface area contributed by atoms with Gasteiger partial charge in [0.05, 0.1) is 6.04 Å². The maximum absolute atomic E-state index is 13.1. The topological polar surface area (TPSA) is 58.4 Å². The molecular formula is C18H29Cl3FN3O. The Morgan fingerprint density at radius 2 is 2.12 bits per heavy atom. The van der Waals surface area contributed by atoms with E-state index in [1.807, 2.05) is 0 Å². The van der Waals surface area contributed by atoms with Gasteiger partial charge in [-0.05, 0) is 49.4 Å². The second-order valence-electron chi connectivity index (χ2n) is 7.05. The maximum Gasteiger partial charge on any atom is 0.237 e. The van der Waals surface area contributed by atoms with Crippen molar-refractivity contribution in [2.24, 2.45) is 11.7 Å². The average molecular weight is 429 g/mol. The first-order valence-corrected chi connectivity index (χ1v) is 8.95. The molecule has 1 saturated heterocycles. The lowest BCUT2D eigenvalue weighted by molar-refractivity contribution is -0.123. The van der Waals surface area contributed by atoms with Gasteiger partial charge in [0.15, 0.2) is 0 Å². The fourth-order valence-electron chi connectivity index (χ4n) is 3.13. The SMILES string of the molecule is CC(C)C[C@H](N)C(=O)NC1CCCN(Cc2ccc(F)cc2Cl)C1.Cl.Cl. The molecule has 8 heteroatoms. The molecule has 0 aromatic heterocycles. The minimum Gasteiger partial charge on any atom is -0.351 e. The van der Waals surface area contributed by atoms with Gasteiger partial charge in [-0.2, -0.15) is 0 Å². The molecule has 3 N–H and O–H groups in total. The minimum absolute atomic E-state index is 0. The summed E-state index contributed by atoms with van der Waals surface area (Å²) in [5.74, 6) is -0.00346. The van der Waals surface area contributed by atoms with E-state index in [1.54, 1.807) is 6.07 Å². The van der Waals surface area contributed by atoms with Crippen LogP contribution in [-0.4, -0.2) is 36.0 Å². The predicted molar refractivity (Wildman–Crippen MR) is 110 cm³/mol. The fraction of sp³-hybridized carbons (Fsp3) is 0.611. The molecule has 0 bridgehead atoms. The minimum atomic E-state index is -0.452. The molecule has 1 heterocycles. The van der Waals surface area contributed by atoms with Gasteiger partial charge in [0, 0.05) is 24.2 Å². The summed E-state index contributed by atoms with van der Waals surface area (Å²) in [5.41, 5.74) is 6.85. The van der Waals surface area contributed by atoms with Crippen molar-refractivity contribution in [3.8, 4) is 0 Å². The van der Waals surface area contributed by atoms with Gasteiger partial charge in [0.25, 0.3) is 0 Å². The lowest BCUT2D eigenvalue weighted by Crippen LogP contribution is -2.51. The zero-order valence-electron chi connectivity index (χ0n) is 15.2. The van der Waals surface area contributed by atoms with Crippen LogP contribution >= 0.6 is 36.4 Å². The number of nitrogens with two attached hydrogens (primary N) is 1. The highest BCUT2D eigenvalue weighted by Gasteiger charge is 2.24. The number of carbonyl (C=O) groups excluding carboxylic acids is 1. The molecule has 1 amide bonds. The van der Waals surface area contributed by atoms with Crippen molar-refractivity contribution in [3.05, 3.63) is 34.6 Å². The van der Waals surface area contributed by atoms with E-state index >= 15 is 0 Å². The number of likely N-dealkylation sites (tertiary alicyclic amines) is 1. The van der Waals surface area contributed by atoms with Crippen molar-refractivity contribution in [3.63, 3.8) is 0 Å². The number of benzene rings is 1. The van der Waals surface area contributed by atoms with Crippen molar-refractivity contribution < 1.29 is 9.18 Å². The molecule has 1 aromatic carbocycles. The quantitative estimate of drug-likeness (QED) is 0.725. The number of nitrogens with one attached hydrogen (secondary N) is 1. The smallest absolute Gasteiger partial charge is 0.237 e. The monoisotopic (exact) mass is 427 g/mol. The number of rotatable bonds is 6. The fourth-order valence-corrected chi connectivity index (χ4v) is 3.36. The van der Waals surface area contributed by atoms with Crippen LogP contribution in [0.1, 0.15) is 38.7 Å². The summed E-state index contributed by atoms with van der Waals surface area (Å²) in [6.07, 6.45) is 2.64. The van der Waals surface area contributed by atoms with E-state index in [9.17, 15) is 9.18 Å². The Bertz CT molecular complexity index is 575. The molecule has 0 saturated carbocycles. The number of piperidine rings is 1. The number of carbonyl (C=O) groups is 1. The summed E-state index contributed by atoms with van der Waals surface area (Å²) in [7, 11) is 0. The molecule has 150 valence electrons. The molecule has 1 aromatic rings. The van der Waals surface area contributed by atoms with Crippen molar-refractivity contribution in [1.29, 1.82) is 0 Å². The third-order valence-corrected chi connectivity index (χ3v) is 4.67. The molecule has 1 aliphatic heterocycles. The third-order valence-electron chi connectivity index (χ3n) is 4.32. The second kappa shape index (κ2) is 12.0. The number of halogens is 4. The summed E-state index contributed by atoms with van der Waals surface area (Å²) in [4.78, 5) is 14.4. The molecule has 2 rings (SSSR count). The van der Waals surface area contributed by atoms with E-state index in [0.29, 0.717) is 23.9 Å². The van der Waals surface area contributed by atoms with E-state index < -0.39 is 6.04 Å². The van der Waals surface area contributed by atoms with Crippen LogP contribution in [0.3, 0.4) is 0 Å². The first kappa shape index (κ1) is 25.4. The van der Waals surface area contributed by atoms with Gasteiger partial charge < -0.3 is 11.1 Å². The molecule has 2 atom stereocenters. The van der Waals surface area contributed by atoms with Crippen molar-refractivity contribution in [2.45, 2.75) is 51.7 Å². The highest BCUT2D eigenvalue weighted by Crippen LogP contribution is 2.21. The van der Waals surface area contributed by atoms with Crippen LogP contribution in [0.5, 0.6) is 0 Å². The summed E-state index contributed by atoms with van der Waals surface area (Å²) >= 11 is 6.11.